The molecule has 1 saturated carbocycles. The van der Waals surface area contributed by atoms with Gasteiger partial charge in [0, 0.05) is 18.5 Å². The van der Waals surface area contributed by atoms with Gasteiger partial charge in [-0.05, 0) is 38.3 Å². The first-order chi connectivity index (χ1) is 9.13. The highest BCUT2D eigenvalue weighted by Crippen LogP contribution is 2.49. The highest BCUT2D eigenvalue weighted by atomic mass is 127. The van der Waals surface area contributed by atoms with Crippen LogP contribution < -0.4 is 5.73 Å². The van der Waals surface area contributed by atoms with Crippen LogP contribution in [0, 0.1) is 5.82 Å². The first-order valence-corrected chi connectivity index (χ1v) is 6.93. The van der Waals surface area contributed by atoms with Gasteiger partial charge >= 0.3 is 0 Å². The van der Waals surface area contributed by atoms with E-state index in [-0.39, 0.29) is 35.2 Å². The molecule has 0 aliphatic heterocycles. The van der Waals surface area contributed by atoms with Gasteiger partial charge in [0.1, 0.15) is 5.82 Å². The average Bonchev–Trinajstić information content (AvgIpc) is 3.19. The maximum atomic E-state index is 13.9. The van der Waals surface area contributed by atoms with E-state index in [1.54, 1.807) is 6.07 Å². The van der Waals surface area contributed by atoms with Crippen molar-refractivity contribution in [2.45, 2.75) is 32.1 Å². The number of nitrogens with zero attached hydrogens (tertiary/aromatic N) is 2. The van der Waals surface area contributed by atoms with Gasteiger partial charge in [-0.3, -0.25) is 4.99 Å². The molecule has 3 nitrogen and oxygen atoms in total. The lowest BCUT2D eigenvalue weighted by atomic mass is 9.95. The Morgan fingerprint density at radius 1 is 1.30 bits per heavy atom. The third kappa shape index (κ3) is 3.62. The lowest BCUT2D eigenvalue weighted by Gasteiger charge is -2.21. The van der Waals surface area contributed by atoms with E-state index in [1.807, 2.05) is 17.0 Å². The molecule has 112 valence electrons. The van der Waals surface area contributed by atoms with Crippen LogP contribution in [0.4, 0.5) is 4.39 Å². The van der Waals surface area contributed by atoms with Crippen LogP contribution in [0.5, 0.6) is 0 Å². The van der Waals surface area contributed by atoms with Gasteiger partial charge in [-0.1, -0.05) is 18.2 Å². The summed E-state index contributed by atoms with van der Waals surface area (Å²) in [6, 6.07) is 7.00. The summed E-state index contributed by atoms with van der Waals surface area (Å²) in [5, 5.41) is 0. The molecule has 0 spiro atoms. The SMILES string of the molecule is CCN(CC)C(N)=NCC1(c2ccccc2F)CC1.I. The fourth-order valence-corrected chi connectivity index (χ4v) is 2.43. The zero-order chi connectivity index (χ0) is 13.9. The van der Waals surface area contributed by atoms with Crippen LogP contribution >= 0.6 is 24.0 Å². The van der Waals surface area contributed by atoms with E-state index in [1.165, 1.54) is 6.07 Å². The van der Waals surface area contributed by atoms with E-state index in [0.29, 0.717) is 12.5 Å². The standard InChI is InChI=1S/C15H22FN3.HI/c1-3-19(4-2)14(17)18-11-15(9-10-15)12-7-5-6-8-13(12)16;/h5-8H,3-4,9-11H2,1-2H3,(H2,17,18);1H. The molecule has 0 saturated heterocycles. The first-order valence-electron chi connectivity index (χ1n) is 6.93. The molecular weight excluding hydrogens is 368 g/mol. The minimum absolute atomic E-state index is 0. The summed E-state index contributed by atoms with van der Waals surface area (Å²) < 4.78 is 13.9. The van der Waals surface area contributed by atoms with Crippen LogP contribution in [-0.4, -0.2) is 30.5 Å². The van der Waals surface area contributed by atoms with Crippen molar-refractivity contribution < 1.29 is 4.39 Å². The fraction of sp³-hybridized carbons (Fsp3) is 0.533. The molecule has 5 heteroatoms. The Bertz CT molecular complexity index is 468. The Hall–Kier alpha value is -0.850. The van der Waals surface area contributed by atoms with Gasteiger partial charge in [-0.15, -0.1) is 24.0 Å². The molecular formula is C15H23FIN3. The zero-order valence-electron chi connectivity index (χ0n) is 12.1. The van der Waals surface area contributed by atoms with E-state index < -0.39 is 0 Å². The predicted molar refractivity (Wildman–Crippen MR) is 92.1 cm³/mol. The van der Waals surface area contributed by atoms with Crippen LogP contribution in [0.15, 0.2) is 29.3 Å². The summed E-state index contributed by atoms with van der Waals surface area (Å²) in [4.78, 5) is 6.48. The molecule has 1 aliphatic carbocycles. The van der Waals surface area contributed by atoms with E-state index in [9.17, 15) is 4.39 Å². The third-order valence-corrected chi connectivity index (χ3v) is 3.93. The van der Waals surface area contributed by atoms with E-state index in [2.05, 4.69) is 18.8 Å². The average molecular weight is 391 g/mol. The second kappa shape index (κ2) is 7.24. The summed E-state index contributed by atoms with van der Waals surface area (Å²) in [5.74, 6) is 0.434. The summed E-state index contributed by atoms with van der Waals surface area (Å²) >= 11 is 0. The monoisotopic (exact) mass is 391 g/mol. The van der Waals surface area contributed by atoms with Gasteiger partial charge < -0.3 is 10.6 Å². The number of guanidine groups is 1. The Morgan fingerprint density at radius 3 is 2.40 bits per heavy atom. The smallest absolute Gasteiger partial charge is 0.191 e. The van der Waals surface area contributed by atoms with Crippen molar-refractivity contribution in [3.8, 4) is 0 Å². The second-order valence-electron chi connectivity index (χ2n) is 5.11. The number of nitrogens with two attached hydrogens (primary N) is 1. The largest absolute Gasteiger partial charge is 0.370 e. The van der Waals surface area contributed by atoms with Gasteiger partial charge in [0.05, 0.1) is 6.54 Å². The maximum Gasteiger partial charge on any atom is 0.191 e. The second-order valence-corrected chi connectivity index (χ2v) is 5.11. The van der Waals surface area contributed by atoms with Gasteiger partial charge in [0.25, 0.3) is 0 Å². The molecule has 0 amide bonds. The molecule has 0 unspecified atom stereocenters. The maximum absolute atomic E-state index is 13.9. The van der Waals surface area contributed by atoms with Crippen LogP contribution in [0.25, 0.3) is 0 Å². The van der Waals surface area contributed by atoms with Crippen LogP contribution in [0.3, 0.4) is 0 Å². The van der Waals surface area contributed by atoms with Gasteiger partial charge in [-0.25, -0.2) is 4.39 Å². The number of halogens is 2. The Morgan fingerprint density at radius 2 is 1.90 bits per heavy atom. The van der Waals surface area contributed by atoms with Crippen molar-refractivity contribution in [3.05, 3.63) is 35.6 Å². The third-order valence-electron chi connectivity index (χ3n) is 3.93. The minimum atomic E-state index is -0.128. The topological polar surface area (TPSA) is 41.6 Å². The normalized spacial score (nSPS) is 16.4. The zero-order valence-corrected chi connectivity index (χ0v) is 14.4. The molecule has 1 aliphatic rings. The van der Waals surface area contributed by atoms with E-state index in [4.69, 9.17) is 5.73 Å². The number of benzene rings is 1. The molecule has 0 aromatic heterocycles. The fourth-order valence-electron chi connectivity index (χ4n) is 2.43. The summed E-state index contributed by atoms with van der Waals surface area (Å²) in [6.07, 6.45) is 1.98. The summed E-state index contributed by atoms with van der Waals surface area (Å²) in [6.45, 7) is 6.37. The number of rotatable bonds is 5. The van der Waals surface area contributed by atoms with Crippen LogP contribution in [0.1, 0.15) is 32.3 Å². The molecule has 0 heterocycles. The van der Waals surface area contributed by atoms with Crippen molar-refractivity contribution in [2.24, 2.45) is 10.7 Å². The van der Waals surface area contributed by atoms with Gasteiger partial charge in [0.15, 0.2) is 5.96 Å². The van der Waals surface area contributed by atoms with Gasteiger partial charge in [-0.2, -0.15) is 0 Å². The molecule has 1 fully saturated rings. The van der Waals surface area contributed by atoms with Crippen molar-refractivity contribution in [1.82, 2.24) is 4.90 Å². The van der Waals surface area contributed by atoms with Crippen molar-refractivity contribution in [1.29, 1.82) is 0 Å². The molecule has 2 rings (SSSR count). The number of hydrogen-bond acceptors (Lipinski definition) is 1. The summed E-state index contributed by atoms with van der Waals surface area (Å²) in [5.41, 5.74) is 6.63. The predicted octanol–water partition coefficient (Wildman–Crippen LogP) is 3.13. The molecule has 0 atom stereocenters. The number of aliphatic imine (C=N–C) groups is 1. The quantitative estimate of drug-likeness (QED) is 0.476. The van der Waals surface area contributed by atoms with Crippen molar-refractivity contribution in [2.75, 3.05) is 19.6 Å². The van der Waals surface area contributed by atoms with Crippen LogP contribution in [0.2, 0.25) is 0 Å². The lowest BCUT2D eigenvalue weighted by molar-refractivity contribution is 0.456. The first kappa shape index (κ1) is 17.2. The minimum Gasteiger partial charge on any atom is -0.370 e. The van der Waals surface area contributed by atoms with Crippen molar-refractivity contribution in [3.63, 3.8) is 0 Å². The number of hydrogen-bond donors (Lipinski definition) is 1. The van der Waals surface area contributed by atoms with E-state index in [0.717, 1.165) is 31.5 Å². The molecule has 2 N–H and O–H groups in total. The van der Waals surface area contributed by atoms with Crippen molar-refractivity contribution >= 4 is 29.9 Å². The molecule has 0 radical (unpaired) electrons. The highest BCUT2D eigenvalue weighted by Gasteiger charge is 2.45. The highest BCUT2D eigenvalue weighted by molar-refractivity contribution is 14.0. The molecule has 20 heavy (non-hydrogen) atoms. The molecule has 0 bridgehead atoms. The molecule has 1 aromatic carbocycles. The lowest BCUT2D eigenvalue weighted by Crippen LogP contribution is -2.37. The summed E-state index contributed by atoms with van der Waals surface area (Å²) in [7, 11) is 0. The Balaban J connectivity index is 0.00000200. The Labute approximate surface area is 137 Å². The van der Waals surface area contributed by atoms with Crippen LogP contribution in [-0.2, 0) is 5.41 Å². The van der Waals surface area contributed by atoms with Gasteiger partial charge in [0.2, 0.25) is 0 Å². The van der Waals surface area contributed by atoms with E-state index >= 15 is 0 Å². The molecule has 1 aromatic rings. The Kier molecular flexibility index (Phi) is 6.23.